The Hall–Kier alpha value is -1.68. The standard InChI is InChI=1S/C18H28N4O4S/c1-20(2)27(24,25)22-9-3-4-15(14-22)18(23)19-16-5-7-17(8-6-16)21-10-12-26-13-11-21/h5-8,15H,3-4,9-14H2,1-2H3,(H,19,23)/t15-/m0/s1. The highest BCUT2D eigenvalue weighted by molar-refractivity contribution is 7.86. The van der Waals surface area contributed by atoms with Crippen LogP contribution in [-0.4, -0.2) is 76.4 Å². The Balaban J connectivity index is 1.59. The number of nitrogens with zero attached hydrogens (tertiary/aromatic N) is 3. The van der Waals surface area contributed by atoms with Crippen molar-refractivity contribution >= 4 is 27.5 Å². The molecule has 0 aliphatic carbocycles. The second-order valence-electron chi connectivity index (χ2n) is 7.12. The lowest BCUT2D eigenvalue weighted by molar-refractivity contribution is -0.120. The normalized spacial score (nSPS) is 22.0. The molecule has 2 saturated heterocycles. The van der Waals surface area contributed by atoms with Gasteiger partial charge in [-0.3, -0.25) is 4.79 Å². The van der Waals surface area contributed by atoms with Crippen molar-refractivity contribution < 1.29 is 17.9 Å². The van der Waals surface area contributed by atoms with Crippen molar-refractivity contribution in [3.63, 3.8) is 0 Å². The van der Waals surface area contributed by atoms with Gasteiger partial charge in [-0.25, -0.2) is 0 Å². The zero-order valence-electron chi connectivity index (χ0n) is 15.9. The van der Waals surface area contributed by atoms with E-state index >= 15 is 0 Å². The molecule has 3 rings (SSSR count). The Kier molecular flexibility index (Phi) is 6.36. The first-order valence-electron chi connectivity index (χ1n) is 9.29. The molecule has 2 aliphatic rings. The van der Waals surface area contributed by atoms with Gasteiger partial charge in [0.2, 0.25) is 5.91 Å². The van der Waals surface area contributed by atoms with Gasteiger partial charge in [-0.15, -0.1) is 0 Å². The number of anilines is 2. The minimum absolute atomic E-state index is 0.132. The fourth-order valence-corrected chi connectivity index (χ4v) is 4.61. The van der Waals surface area contributed by atoms with Crippen LogP contribution in [0.15, 0.2) is 24.3 Å². The third-order valence-corrected chi connectivity index (χ3v) is 6.96. The van der Waals surface area contributed by atoms with Crippen LogP contribution >= 0.6 is 0 Å². The molecule has 0 saturated carbocycles. The Morgan fingerprint density at radius 3 is 2.44 bits per heavy atom. The van der Waals surface area contributed by atoms with Gasteiger partial charge in [0, 0.05) is 51.6 Å². The van der Waals surface area contributed by atoms with Crippen molar-refractivity contribution in [2.24, 2.45) is 5.92 Å². The molecule has 2 aliphatic heterocycles. The number of amides is 1. The molecule has 0 radical (unpaired) electrons. The van der Waals surface area contributed by atoms with E-state index < -0.39 is 10.2 Å². The van der Waals surface area contributed by atoms with Crippen LogP contribution in [0.2, 0.25) is 0 Å². The molecule has 27 heavy (non-hydrogen) atoms. The highest BCUT2D eigenvalue weighted by atomic mass is 32.2. The predicted octanol–water partition coefficient (Wildman–Crippen LogP) is 0.980. The third kappa shape index (κ3) is 4.78. The molecule has 1 atom stereocenters. The summed E-state index contributed by atoms with van der Waals surface area (Å²) in [5.41, 5.74) is 1.84. The molecule has 2 heterocycles. The van der Waals surface area contributed by atoms with Crippen LogP contribution in [0.25, 0.3) is 0 Å². The van der Waals surface area contributed by atoms with Gasteiger partial charge in [0.15, 0.2) is 0 Å². The number of nitrogens with one attached hydrogen (secondary N) is 1. The van der Waals surface area contributed by atoms with Crippen molar-refractivity contribution in [3.8, 4) is 0 Å². The van der Waals surface area contributed by atoms with E-state index in [2.05, 4.69) is 10.2 Å². The van der Waals surface area contributed by atoms with E-state index in [1.54, 1.807) is 0 Å². The van der Waals surface area contributed by atoms with E-state index in [0.717, 1.165) is 37.7 Å². The Morgan fingerprint density at radius 2 is 1.81 bits per heavy atom. The van der Waals surface area contributed by atoms with Gasteiger partial charge < -0.3 is 15.0 Å². The molecular weight excluding hydrogens is 368 g/mol. The second-order valence-corrected chi connectivity index (χ2v) is 9.27. The van der Waals surface area contributed by atoms with E-state index in [0.29, 0.717) is 19.4 Å². The highest BCUT2D eigenvalue weighted by Crippen LogP contribution is 2.23. The summed E-state index contributed by atoms with van der Waals surface area (Å²) >= 11 is 0. The molecule has 1 aromatic rings. The minimum Gasteiger partial charge on any atom is -0.378 e. The molecule has 150 valence electrons. The quantitative estimate of drug-likeness (QED) is 0.802. The summed E-state index contributed by atoms with van der Waals surface area (Å²) < 4.78 is 32.6. The molecule has 8 nitrogen and oxygen atoms in total. The molecule has 0 bridgehead atoms. The third-order valence-electron chi connectivity index (χ3n) is 5.05. The van der Waals surface area contributed by atoms with Crippen LogP contribution in [0.4, 0.5) is 11.4 Å². The van der Waals surface area contributed by atoms with E-state index in [-0.39, 0.29) is 18.4 Å². The number of benzene rings is 1. The zero-order chi connectivity index (χ0) is 19.4. The van der Waals surface area contributed by atoms with Crippen LogP contribution in [0, 0.1) is 5.92 Å². The number of hydrogen-bond donors (Lipinski definition) is 1. The number of carbonyl (C=O) groups excluding carboxylic acids is 1. The average molecular weight is 397 g/mol. The number of piperidine rings is 1. The highest BCUT2D eigenvalue weighted by Gasteiger charge is 2.33. The molecule has 2 fully saturated rings. The molecular formula is C18H28N4O4S. The summed E-state index contributed by atoms with van der Waals surface area (Å²) in [6, 6.07) is 7.76. The lowest BCUT2D eigenvalue weighted by Gasteiger charge is -2.32. The summed E-state index contributed by atoms with van der Waals surface area (Å²) in [7, 11) is -0.468. The Morgan fingerprint density at radius 1 is 1.15 bits per heavy atom. The lowest BCUT2D eigenvalue weighted by atomic mass is 9.98. The Labute approximate surface area is 161 Å². The Bertz CT molecular complexity index is 745. The van der Waals surface area contributed by atoms with Crippen molar-refractivity contribution in [1.29, 1.82) is 0 Å². The van der Waals surface area contributed by atoms with Gasteiger partial charge in [-0.05, 0) is 37.1 Å². The predicted molar refractivity (Wildman–Crippen MR) is 105 cm³/mol. The summed E-state index contributed by atoms with van der Waals surface area (Å²) in [4.78, 5) is 14.9. The maximum Gasteiger partial charge on any atom is 0.281 e. The summed E-state index contributed by atoms with van der Waals surface area (Å²) in [5.74, 6) is -0.472. The molecule has 0 unspecified atom stereocenters. The number of ether oxygens (including phenoxy) is 1. The van der Waals surface area contributed by atoms with Gasteiger partial charge in [0.05, 0.1) is 19.1 Å². The van der Waals surface area contributed by atoms with Gasteiger partial charge in [-0.1, -0.05) is 0 Å². The fraction of sp³-hybridized carbons (Fsp3) is 0.611. The van der Waals surface area contributed by atoms with Crippen molar-refractivity contribution in [2.45, 2.75) is 12.8 Å². The minimum atomic E-state index is -3.49. The summed E-state index contributed by atoms with van der Waals surface area (Å²) in [6.45, 7) is 3.86. The summed E-state index contributed by atoms with van der Waals surface area (Å²) in [5, 5.41) is 2.93. The van der Waals surface area contributed by atoms with Crippen molar-refractivity contribution in [2.75, 3.05) is 63.7 Å². The first-order valence-corrected chi connectivity index (χ1v) is 10.7. The van der Waals surface area contributed by atoms with Crippen molar-refractivity contribution in [1.82, 2.24) is 8.61 Å². The molecule has 0 spiro atoms. The zero-order valence-corrected chi connectivity index (χ0v) is 16.7. The maximum absolute atomic E-state index is 12.6. The first-order chi connectivity index (χ1) is 12.9. The monoisotopic (exact) mass is 396 g/mol. The average Bonchev–Trinajstić information content (AvgIpc) is 2.69. The lowest BCUT2D eigenvalue weighted by Crippen LogP contribution is -2.47. The number of hydrogen-bond acceptors (Lipinski definition) is 5. The van der Waals surface area contributed by atoms with Gasteiger partial charge >= 0.3 is 0 Å². The van der Waals surface area contributed by atoms with E-state index in [1.165, 1.54) is 22.7 Å². The molecule has 1 N–H and O–H groups in total. The topological polar surface area (TPSA) is 82.2 Å². The van der Waals surface area contributed by atoms with Crippen LogP contribution in [-0.2, 0) is 19.7 Å². The van der Waals surface area contributed by atoms with Gasteiger partial charge in [0.1, 0.15) is 0 Å². The van der Waals surface area contributed by atoms with E-state index in [4.69, 9.17) is 4.74 Å². The molecule has 9 heteroatoms. The van der Waals surface area contributed by atoms with Crippen LogP contribution in [0.5, 0.6) is 0 Å². The van der Waals surface area contributed by atoms with E-state index in [1.807, 2.05) is 24.3 Å². The smallest absolute Gasteiger partial charge is 0.281 e. The van der Waals surface area contributed by atoms with Gasteiger partial charge in [0.25, 0.3) is 10.2 Å². The molecule has 0 aromatic heterocycles. The first kappa shape index (κ1) is 20.1. The molecule has 1 amide bonds. The van der Waals surface area contributed by atoms with Crippen LogP contribution in [0.3, 0.4) is 0 Å². The number of rotatable bonds is 5. The maximum atomic E-state index is 12.6. The number of morpholine rings is 1. The largest absolute Gasteiger partial charge is 0.378 e. The summed E-state index contributed by atoms with van der Waals surface area (Å²) in [6.07, 6.45) is 1.37. The fourth-order valence-electron chi connectivity index (χ4n) is 3.42. The SMILES string of the molecule is CN(C)S(=O)(=O)N1CCC[C@H](C(=O)Nc2ccc(N3CCOCC3)cc2)C1. The number of carbonyl (C=O) groups is 1. The second kappa shape index (κ2) is 8.55. The van der Waals surface area contributed by atoms with E-state index in [9.17, 15) is 13.2 Å². The van der Waals surface area contributed by atoms with Crippen molar-refractivity contribution in [3.05, 3.63) is 24.3 Å². The van der Waals surface area contributed by atoms with Crippen LogP contribution < -0.4 is 10.2 Å². The van der Waals surface area contributed by atoms with Crippen LogP contribution in [0.1, 0.15) is 12.8 Å². The van der Waals surface area contributed by atoms with Gasteiger partial charge in [-0.2, -0.15) is 17.0 Å². The molecule has 1 aromatic carbocycles.